The van der Waals surface area contributed by atoms with Gasteiger partial charge in [0.15, 0.2) is 0 Å². The Morgan fingerprint density at radius 3 is 2.81 bits per heavy atom. The van der Waals surface area contributed by atoms with E-state index < -0.39 is 5.97 Å². The lowest BCUT2D eigenvalue weighted by Gasteiger charge is -2.37. The van der Waals surface area contributed by atoms with Crippen LogP contribution in [0.5, 0.6) is 0 Å². The number of esters is 1. The molecule has 1 aliphatic heterocycles. The van der Waals surface area contributed by atoms with E-state index in [2.05, 4.69) is 14.7 Å². The highest BCUT2D eigenvalue weighted by Crippen LogP contribution is 2.18. The van der Waals surface area contributed by atoms with Crippen LogP contribution in [0.25, 0.3) is 0 Å². The van der Waals surface area contributed by atoms with Crippen molar-refractivity contribution < 1.29 is 9.53 Å². The molecule has 2 heterocycles. The molecule has 0 aliphatic carbocycles. The molecule has 16 heavy (non-hydrogen) atoms. The normalized spacial score (nSPS) is 15.8. The number of carbonyl (C=O) groups excluding carboxylic acids is 1. The van der Waals surface area contributed by atoms with Crippen molar-refractivity contribution in [1.29, 1.82) is 0 Å². The molecule has 1 fully saturated rings. The third-order valence-corrected chi connectivity index (χ3v) is 2.44. The van der Waals surface area contributed by atoms with Gasteiger partial charge in [0.2, 0.25) is 5.82 Å². The monoisotopic (exact) mass is 222 g/mol. The lowest BCUT2D eigenvalue weighted by atomic mass is 10.1. The first-order chi connectivity index (χ1) is 7.60. The quantitative estimate of drug-likeness (QED) is 0.693. The first kappa shape index (κ1) is 10.8. The molecule has 2 N–H and O–H groups in total. The topological polar surface area (TPSA) is 81.3 Å². The van der Waals surface area contributed by atoms with Crippen LogP contribution in [0.15, 0.2) is 6.07 Å². The molecule has 2 rings (SSSR count). The molecule has 0 radical (unpaired) electrons. The Morgan fingerprint density at radius 2 is 2.25 bits per heavy atom. The Balaban J connectivity index is 2.25. The maximum Gasteiger partial charge on any atom is 0.376 e. The van der Waals surface area contributed by atoms with Crippen LogP contribution in [0.3, 0.4) is 0 Å². The molecule has 1 aromatic rings. The first-order valence-electron chi connectivity index (χ1n) is 5.04. The van der Waals surface area contributed by atoms with Gasteiger partial charge in [0.05, 0.1) is 7.11 Å². The molecule has 1 saturated heterocycles. The Bertz CT molecular complexity index is 415. The fourth-order valence-corrected chi connectivity index (χ4v) is 1.60. The third-order valence-electron chi connectivity index (χ3n) is 2.44. The molecule has 6 heteroatoms. The fraction of sp³-hybridized carbons (Fsp3) is 0.500. The minimum atomic E-state index is -0.519. The van der Waals surface area contributed by atoms with Crippen molar-refractivity contribution in [3.63, 3.8) is 0 Å². The zero-order valence-corrected chi connectivity index (χ0v) is 9.30. The van der Waals surface area contributed by atoms with Crippen LogP contribution >= 0.6 is 0 Å². The SMILES string of the molecule is COC(=O)c1nc(C)cc(N2CC(N)C2)n1. The van der Waals surface area contributed by atoms with Crippen molar-refractivity contribution >= 4 is 11.8 Å². The summed E-state index contributed by atoms with van der Waals surface area (Å²) in [6, 6.07) is 2.02. The zero-order valence-electron chi connectivity index (χ0n) is 9.30. The van der Waals surface area contributed by atoms with Crippen molar-refractivity contribution in [2.24, 2.45) is 5.73 Å². The molecular formula is C10H14N4O2. The van der Waals surface area contributed by atoms with Gasteiger partial charge in [-0.1, -0.05) is 0 Å². The molecule has 0 bridgehead atoms. The predicted octanol–water partition coefficient (Wildman–Crippen LogP) is -0.281. The van der Waals surface area contributed by atoms with Crippen molar-refractivity contribution in [3.05, 3.63) is 17.6 Å². The number of ether oxygens (including phenoxy) is 1. The van der Waals surface area contributed by atoms with Gasteiger partial charge >= 0.3 is 5.97 Å². The number of carbonyl (C=O) groups is 1. The van der Waals surface area contributed by atoms with Crippen LogP contribution in [0.2, 0.25) is 0 Å². The Kier molecular flexibility index (Phi) is 2.74. The van der Waals surface area contributed by atoms with Gasteiger partial charge in [-0.15, -0.1) is 0 Å². The number of anilines is 1. The molecule has 0 aromatic carbocycles. The number of nitrogens with two attached hydrogens (primary N) is 1. The van der Waals surface area contributed by atoms with Crippen molar-refractivity contribution in [3.8, 4) is 0 Å². The molecule has 0 spiro atoms. The Morgan fingerprint density at radius 1 is 1.56 bits per heavy atom. The van der Waals surface area contributed by atoms with Crippen molar-refractivity contribution in [2.75, 3.05) is 25.1 Å². The summed E-state index contributed by atoms with van der Waals surface area (Å²) in [6.45, 7) is 3.34. The summed E-state index contributed by atoms with van der Waals surface area (Å²) in [7, 11) is 1.31. The third kappa shape index (κ3) is 1.96. The molecule has 86 valence electrons. The Hall–Kier alpha value is -1.69. The van der Waals surface area contributed by atoms with Gasteiger partial charge in [-0.3, -0.25) is 0 Å². The molecule has 0 amide bonds. The zero-order chi connectivity index (χ0) is 11.7. The number of methoxy groups -OCH3 is 1. The minimum absolute atomic E-state index is 0.0953. The van der Waals surface area contributed by atoms with Gasteiger partial charge in [0.25, 0.3) is 0 Å². The smallest absolute Gasteiger partial charge is 0.376 e. The standard InChI is InChI=1S/C10H14N4O2/c1-6-3-8(14-4-7(11)5-14)13-9(12-6)10(15)16-2/h3,7H,4-5,11H2,1-2H3. The van der Waals surface area contributed by atoms with Crippen LogP contribution in [0, 0.1) is 6.92 Å². The Labute approximate surface area is 93.4 Å². The van der Waals surface area contributed by atoms with Crippen LogP contribution < -0.4 is 10.6 Å². The average Bonchev–Trinajstić information content (AvgIpc) is 2.22. The van der Waals surface area contributed by atoms with E-state index in [0.717, 1.165) is 24.6 Å². The van der Waals surface area contributed by atoms with Gasteiger partial charge in [-0.2, -0.15) is 0 Å². The van der Waals surface area contributed by atoms with Crippen LogP contribution in [-0.4, -0.2) is 42.2 Å². The summed E-state index contributed by atoms with van der Waals surface area (Å²) in [6.07, 6.45) is 0. The number of nitrogens with zero attached hydrogens (tertiary/aromatic N) is 3. The largest absolute Gasteiger partial charge is 0.463 e. The minimum Gasteiger partial charge on any atom is -0.463 e. The molecule has 1 aliphatic rings. The lowest BCUT2D eigenvalue weighted by Crippen LogP contribution is -2.56. The second-order valence-corrected chi connectivity index (χ2v) is 3.85. The van der Waals surface area contributed by atoms with E-state index in [1.54, 1.807) is 0 Å². The maximum absolute atomic E-state index is 11.3. The van der Waals surface area contributed by atoms with Gasteiger partial charge in [0.1, 0.15) is 5.82 Å². The molecule has 0 unspecified atom stereocenters. The number of aromatic nitrogens is 2. The summed E-state index contributed by atoms with van der Waals surface area (Å²) in [5.41, 5.74) is 6.43. The van der Waals surface area contributed by atoms with Gasteiger partial charge in [0, 0.05) is 30.9 Å². The van der Waals surface area contributed by atoms with E-state index in [1.165, 1.54) is 7.11 Å². The summed E-state index contributed by atoms with van der Waals surface area (Å²) in [5.74, 6) is 0.308. The average molecular weight is 222 g/mol. The van der Waals surface area contributed by atoms with E-state index in [9.17, 15) is 4.79 Å². The number of aryl methyl sites for hydroxylation is 1. The highest BCUT2D eigenvalue weighted by molar-refractivity contribution is 5.85. The fourth-order valence-electron chi connectivity index (χ4n) is 1.60. The van der Waals surface area contributed by atoms with Crippen LogP contribution in [0.4, 0.5) is 5.82 Å². The second-order valence-electron chi connectivity index (χ2n) is 3.85. The summed E-state index contributed by atoms with van der Waals surface area (Å²) in [4.78, 5) is 21.5. The number of hydrogen-bond donors (Lipinski definition) is 1. The summed E-state index contributed by atoms with van der Waals surface area (Å²) < 4.78 is 4.59. The van der Waals surface area contributed by atoms with Crippen molar-refractivity contribution in [2.45, 2.75) is 13.0 Å². The van der Waals surface area contributed by atoms with E-state index in [4.69, 9.17) is 5.73 Å². The number of rotatable bonds is 2. The first-order valence-corrected chi connectivity index (χ1v) is 5.04. The van der Waals surface area contributed by atoms with E-state index >= 15 is 0 Å². The van der Waals surface area contributed by atoms with E-state index in [1.807, 2.05) is 17.9 Å². The second kappa shape index (κ2) is 4.05. The predicted molar refractivity (Wildman–Crippen MR) is 58.3 cm³/mol. The molecular weight excluding hydrogens is 208 g/mol. The molecule has 0 saturated carbocycles. The van der Waals surface area contributed by atoms with E-state index in [0.29, 0.717) is 0 Å². The molecule has 6 nitrogen and oxygen atoms in total. The lowest BCUT2D eigenvalue weighted by molar-refractivity contribution is 0.0586. The summed E-state index contributed by atoms with van der Waals surface area (Å²) in [5, 5.41) is 0. The highest BCUT2D eigenvalue weighted by Gasteiger charge is 2.25. The number of hydrogen-bond acceptors (Lipinski definition) is 6. The maximum atomic E-state index is 11.3. The van der Waals surface area contributed by atoms with Gasteiger partial charge < -0.3 is 15.4 Å². The summed E-state index contributed by atoms with van der Waals surface area (Å²) >= 11 is 0. The van der Waals surface area contributed by atoms with Gasteiger partial charge in [-0.25, -0.2) is 14.8 Å². The van der Waals surface area contributed by atoms with Crippen molar-refractivity contribution in [1.82, 2.24) is 9.97 Å². The van der Waals surface area contributed by atoms with Crippen LogP contribution in [-0.2, 0) is 4.74 Å². The van der Waals surface area contributed by atoms with Gasteiger partial charge in [-0.05, 0) is 6.92 Å². The highest BCUT2D eigenvalue weighted by atomic mass is 16.5. The molecule has 0 atom stereocenters. The van der Waals surface area contributed by atoms with E-state index in [-0.39, 0.29) is 11.9 Å². The molecule has 1 aromatic heterocycles. The van der Waals surface area contributed by atoms with Crippen LogP contribution in [0.1, 0.15) is 16.3 Å².